The SMILES string of the molecule is CC(=O)c1cc2ocnc2cc1Cl. The van der Waals surface area contributed by atoms with Crippen LogP contribution in [-0.4, -0.2) is 10.8 Å². The van der Waals surface area contributed by atoms with Crippen molar-refractivity contribution in [2.45, 2.75) is 6.92 Å². The Balaban J connectivity index is 2.76. The Bertz CT molecular complexity index is 475. The number of fused-ring (bicyclic) bond motifs is 1. The van der Waals surface area contributed by atoms with Gasteiger partial charge >= 0.3 is 0 Å². The summed E-state index contributed by atoms with van der Waals surface area (Å²) >= 11 is 5.85. The van der Waals surface area contributed by atoms with Gasteiger partial charge in [-0.3, -0.25) is 4.79 Å². The molecule has 0 aliphatic carbocycles. The lowest BCUT2D eigenvalue weighted by molar-refractivity contribution is 0.101. The van der Waals surface area contributed by atoms with Gasteiger partial charge in [0, 0.05) is 5.56 Å². The van der Waals surface area contributed by atoms with Crippen LogP contribution in [0.25, 0.3) is 11.1 Å². The first-order valence-electron chi connectivity index (χ1n) is 3.72. The van der Waals surface area contributed by atoms with Gasteiger partial charge in [-0.2, -0.15) is 0 Å². The van der Waals surface area contributed by atoms with E-state index in [1.54, 1.807) is 12.1 Å². The molecule has 2 aromatic rings. The van der Waals surface area contributed by atoms with Crippen LogP contribution in [0, 0.1) is 0 Å². The van der Waals surface area contributed by atoms with Crippen molar-refractivity contribution >= 4 is 28.5 Å². The average Bonchev–Trinajstić information content (AvgIpc) is 2.48. The maximum absolute atomic E-state index is 11.1. The number of Topliss-reactive ketones (excluding diaryl/α,β-unsaturated/α-hetero) is 1. The van der Waals surface area contributed by atoms with Gasteiger partial charge < -0.3 is 4.42 Å². The van der Waals surface area contributed by atoms with E-state index in [0.29, 0.717) is 21.7 Å². The van der Waals surface area contributed by atoms with Gasteiger partial charge in [-0.05, 0) is 19.1 Å². The fourth-order valence-electron chi connectivity index (χ4n) is 1.15. The first kappa shape index (κ1) is 8.26. The molecule has 1 heterocycles. The molecule has 66 valence electrons. The van der Waals surface area contributed by atoms with Crippen molar-refractivity contribution in [1.29, 1.82) is 0 Å². The molecule has 0 amide bonds. The zero-order valence-corrected chi connectivity index (χ0v) is 7.63. The largest absolute Gasteiger partial charge is 0.443 e. The van der Waals surface area contributed by atoms with E-state index in [2.05, 4.69) is 4.98 Å². The van der Waals surface area contributed by atoms with Crippen LogP contribution < -0.4 is 0 Å². The Morgan fingerprint density at radius 2 is 2.31 bits per heavy atom. The van der Waals surface area contributed by atoms with Gasteiger partial charge in [-0.25, -0.2) is 4.98 Å². The van der Waals surface area contributed by atoms with Gasteiger partial charge in [-0.15, -0.1) is 0 Å². The number of halogens is 1. The number of ketones is 1. The number of rotatable bonds is 1. The highest BCUT2D eigenvalue weighted by molar-refractivity contribution is 6.34. The summed E-state index contributed by atoms with van der Waals surface area (Å²) in [5.74, 6) is -0.0803. The molecule has 4 heteroatoms. The molecule has 0 bridgehead atoms. The second-order valence-corrected chi connectivity index (χ2v) is 3.12. The highest BCUT2D eigenvalue weighted by Crippen LogP contribution is 2.23. The Hall–Kier alpha value is -1.35. The molecule has 0 spiro atoms. The molecule has 0 aliphatic rings. The van der Waals surface area contributed by atoms with Gasteiger partial charge in [0.1, 0.15) is 5.52 Å². The number of aromatic nitrogens is 1. The Kier molecular flexibility index (Phi) is 1.81. The quantitative estimate of drug-likeness (QED) is 0.657. The summed E-state index contributed by atoms with van der Waals surface area (Å²) in [6.07, 6.45) is 1.32. The average molecular weight is 196 g/mol. The number of carbonyl (C=O) groups is 1. The van der Waals surface area contributed by atoms with Crippen molar-refractivity contribution in [3.63, 3.8) is 0 Å². The first-order valence-corrected chi connectivity index (χ1v) is 4.10. The normalized spacial score (nSPS) is 10.6. The molecule has 0 fully saturated rings. The minimum absolute atomic E-state index is 0.0803. The molecule has 2 rings (SSSR count). The standard InChI is InChI=1S/C9H6ClNO2/c1-5(12)6-2-9-8(3-7(6)10)11-4-13-9/h2-4H,1H3. The topological polar surface area (TPSA) is 43.1 Å². The van der Waals surface area contributed by atoms with Gasteiger partial charge in [0.05, 0.1) is 5.02 Å². The Morgan fingerprint density at radius 1 is 1.54 bits per heavy atom. The van der Waals surface area contributed by atoms with Crippen molar-refractivity contribution in [1.82, 2.24) is 4.98 Å². The van der Waals surface area contributed by atoms with E-state index in [9.17, 15) is 4.79 Å². The third-order valence-corrected chi connectivity index (χ3v) is 2.11. The second-order valence-electron chi connectivity index (χ2n) is 2.71. The van der Waals surface area contributed by atoms with E-state index in [0.717, 1.165) is 0 Å². The van der Waals surface area contributed by atoms with Crippen molar-refractivity contribution in [2.24, 2.45) is 0 Å². The summed E-state index contributed by atoms with van der Waals surface area (Å²) in [6.45, 7) is 1.46. The molecular formula is C9H6ClNO2. The number of carbonyl (C=O) groups excluding carboxylic acids is 1. The minimum atomic E-state index is -0.0803. The zero-order chi connectivity index (χ0) is 9.42. The summed E-state index contributed by atoms with van der Waals surface area (Å²) in [5, 5.41) is 0.411. The number of hydrogen-bond donors (Lipinski definition) is 0. The highest BCUT2D eigenvalue weighted by atomic mass is 35.5. The Morgan fingerprint density at radius 3 is 3.00 bits per heavy atom. The number of hydrogen-bond acceptors (Lipinski definition) is 3. The van der Waals surface area contributed by atoms with Gasteiger partial charge in [0.25, 0.3) is 0 Å². The lowest BCUT2D eigenvalue weighted by atomic mass is 10.1. The van der Waals surface area contributed by atoms with Crippen LogP contribution in [0.2, 0.25) is 5.02 Å². The lowest BCUT2D eigenvalue weighted by Crippen LogP contribution is -1.92. The van der Waals surface area contributed by atoms with Crippen LogP contribution in [0.15, 0.2) is 22.9 Å². The smallest absolute Gasteiger partial charge is 0.181 e. The summed E-state index contributed by atoms with van der Waals surface area (Å²) in [4.78, 5) is 15.0. The van der Waals surface area contributed by atoms with Crippen molar-refractivity contribution in [3.05, 3.63) is 29.1 Å². The number of oxazole rings is 1. The molecule has 3 nitrogen and oxygen atoms in total. The van der Waals surface area contributed by atoms with Gasteiger partial charge in [-0.1, -0.05) is 11.6 Å². The molecule has 0 unspecified atom stereocenters. The maximum atomic E-state index is 11.1. The third kappa shape index (κ3) is 1.31. The summed E-state index contributed by atoms with van der Waals surface area (Å²) in [5.41, 5.74) is 1.70. The van der Waals surface area contributed by atoms with Crippen LogP contribution in [0.4, 0.5) is 0 Å². The molecule has 1 aromatic heterocycles. The predicted molar refractivity (Wildman–Crippen MR) is 49.0 cm³/mol. The second kappa shape index (κ2) is 2.85. The monoisotopic (exact) mass is 195 g/mol. The first-order chi connectivity index (χ1) is 6.18. The minimum Gasteiger partial charge on any atom is -0.443 e. The van der Waals surface area contributed by atoms with Crippen LogP contribution in [0.5, 0.6) is 0 Å². The fourth-order valence-corrected chi connectivity index (χ4v) is 1.44. The van der Waals surface area contributed by atoms with Crippen LogP contribution in [0.3, 0.4) is 0 Å². The lowest BCUT2D eigenvalue weighted by Gasteiger charge is -1.97. The van der Waals surface area contributed by atoms with E-state index in [4.69, 9.17) is 16.0 Å². The number of benzene rings is 1. The van der Waals surface area contributed by atoms with E-state index >= 15 is 0 Å². The Labute approximate surface area is 79.3 Å². The van der Waals surface area contributed by atoms with Crippen molar-refractivity contribution in [2.75, 3.05) is 0 Å². The van der Waals surface area contributed by atoms with Crippen molar-refractivity contribution < 1.29 is 9.21 Å². The summed E-state index contributed by atoms with van der Waals surface area (Å²) in [7, 11) is 0. The van der Waals surface area contributed by atoms with E-state index in [-0.39, 0.29) is 5.78 Å². The molecule has 0 N–H and O–H groups in total. The van der Waals surface area contributed by atoms with E-state index < -0.39 is 0 Å². The summed E-state index contributed by atoms with van der Waals surface area (Å²) in [6, 6.07) is 3.23. The molecule has 0 aliphatic heterocycles. The maximum Gasteiger partial charge on any atom is 0.181 e. The van der Waals surface area contributed by atoms with Crippen LogP contribution >= 0.6 is 11.6 Å². The molecule has 0 radical (unpaired) electrons. The molecule has 0 atom stereocenters. The van der Waals surface area contributed by atoms with Gasteiger partial charge in [0.15, 0.2) is 17.8 Å². The van der Waals surface area contributed by atoms with E-state index in [1.807, 2.05) is 0 Å². The molecular weight excluding hydrogens is 190 g/mol. The molecule has 0 saturated heterocycles. The highest BCUT2D eigenvalue weighted by Gasteiger charge is 2.09. The molecule has 0 saturated carbocycles. The van der Waals surface area contributed by atoms with Crippen molar-refractivity contribution in [3.8, 4) is 0 Å². The zero-order valence-electron chi connectivity index (χ0n) is 6.87. The molecule has 1 aromatic carbocycles. The van der Waals surface area contributed by atoms with E-state index in [1.165, 1.54) is 13.3 Å². The van der Waals surface area contributed by atoms with Crippen LogP contribution in [-0.2, 0) is 0 Å². The fraction of sp³-hybridized carbons (Fsp3) is 0.111. The predicted octanol–water partition coefficient (Wildman–Crippen LogP) is 2.68. The van der Waals surface area contributed by atoms with Crippen LogP contribution in [0.1, 0.15) is 17.3 Å². The third-order valence-electron chi connectivity index (χ3n) is 1.80. The number of nitrogens with zero attached hydrogens (tertiary/aromatic N) is 1. The molecule has 13 heavy (non-hydrogen) atoms. The van der Waals surface area contributed by atoms with Gasteiger partial charge in [0.2, 0.25) is 0 Å². The summed E-state index contributed by atoms with van der Waals surface area (Å²) < 4.78 is 5.04.